The van der Waals surface area contributed by atoms with Gasteiger partial charge in [-0.15, -0.1) is 0 Å². The smallest absolute Gasteiger partial charge is 0.147 e. The van der Waals surface area contributed by atoms with Crippen LogP contribution in [-0.4, -0.2) is 24.3 Å². The third kappa shape index (κ3) is 3.09. The molecule has 4 rings (SSSR count). The molecule has 0 fully saturated rings. The number of hydrogen-bond donors (Lipinski definition) is 1. The second-order valence-corrected chi connectivity index (χ2v) is 6.76. The molecule has 130 valence electrons. The van der Waals surface area contributed by atoms with Gasteiger partial charge in [0.2, 0.25) is 0 Å². The van der Waals surface area contributed by atoms with Gasteiger partial charge in [0.1, 0.15) is 17.5 Å². The maximum Gasteiger partial charge on any atom is 0.147 e. The first-order valence-electron chi connectivity index (χ1n) is 8.89. The van der Waals surface area contributed by atoms with Crippen LogP contribution < -0.4 is 5.32 Å². The zero-order chi connectivity index (χ0) is 17.4. The number of aromatic nitrogens is 5. The van der Waals surface area contributed by atoms with Crippen LogP contribution >= 0.6 is 0 Å². The summed E-state index contributed by atoms with van der Waals surface area (Å²) in [5.74, 6) is 2.92. The van der Waals surface area contributed by atoms with Gasteiger partial charge in [-0.1, -0.05) is 12.1 Å². The third-order valence-corrected chi connectivity index (χ3v) is 4.93. The molecule has 2 aromatic heterocycles. The zero-order valence-corrected chi connectivity index (χ0v) is 15.0. The van der Waals surface area contributed by atoms with Crippen LogP contribution in [0.1, 0.15) is 54.9 Å². The van der Waals surface area contributed by atoms with Gasteiger partial charge in [-0.3, -0.25) is 0 Å². The van der Waals surface area contributed by atoms with Gasteiger partial charge in [0.15, 0.2) is 0 Å². The molecule has 0 amide bonds. The van der Waals surface area contributed by atoms with E-state index in [0.29, 0.717) is 0 Å². The Balaban J connectivity index is 1.50. The number of benzene rings is 1. The topological polar surface area (TPSA) is 60.6 Å². The van der Waals surface area contributed by atoms with E-state index in [2.05, 4.69) is 56.1 Å². The highest BCUT2D eigenvalue weighted by molar-refractivity contribution is 5.36. The van der Waals surface area contributed by atoms with Crippen LogP contribution in [0.5, 0.6) is 0 Å². The number of aryl methyl sites for hydroxylation is 3. The van der Waals surface area contributed by atoms with Crippen molar-refractivity contribution in [2.75, 3.05) is 0 Å². The quantitative estimate of drug-likeness (QED) is 0.794. The molecule has 2 atom stereocenters. The summed E-state index contributed by atoms with van der Waals surface area (Å²) in [4.78, 5) is 8.90. The molecule has 1 aliphatic heterocycles. The van der Waals surface area contributed by atoms with E-state index < -0.39 is 0 Å². The van der Waals surface area contributed by atoms with E-state index in [-0.39, 0.29) is 12.1 Å². The molecule has 25 heavy (non-hydrogen) atoms. The van der Waals surface area contributed by atoms with Crippen LogP contribution in [0.4, 0.5) is 0 Å². The van der Waals surface area contributed by atoms with Crippen LogP contribution in [0, 0.1) is 13.8 Å². The Bertz CT molecular complexity index is 860. The number of imidazole rings is 1. The molecular formula is C19H24N6. The van der Waals surface area contributed by atoms with Crippen molar-refractivity contribution in [2.24, 2.45) is 0 Å². The van der Waals surface area contributed by atoms with E-state index in [1.807, 2.05) is 30.9 Å². The normalized spacial score (nSPS) is 18.1. The van der Waals surface area contributed by atoms with E-state index in [1.54, 1.807) is 0 Å². The first kappa shape index (κ1) is 16.0. The minimum atomic E-state index is 0.256. The van der Waals surface area contributed by atoms with Gasteiger partial charge >= 0.3 is 0 Å². The van der Waals surface area contributed by atoms with E-state index in [1.165, 1.54) is 5.56 Å². The highest BCUT2D eigenvalue weighted by atomic mass is 15.4. The van der Waals surface area contributed by atoms with Crippen molar-refractivity contribution in [3.05, 3.63) is 59.7 Å². The van der Waals surface area contributed by atoms with E-state index in [4.69, 9.17) is 0 Å². The standard InChI is InChI=1S/C19H24N6/c1-13(21-18-5-4-11-25-19(18)22-14(2)23-25)16-6-8-17(9-7-16)24-12-10-20-15(24)3/h6-10,12-13,18,21H,4-5,11H2,1-3H3/t13-,18+/m1/s1. The molecule has 0 aliphatic carbocycles. The van der Waals surface area contributed by atoms with Gasteiger partial charge < -0.3 is 9.88 Å². The molecule has 1 aromatic carbocycles. The van der Waals surface area contributed by atoms with Gasteiger partial charge in [-0.25, -0.2) is 14.6 Å². The van der Waals surface area contributed by atoms with Crippen LogP contribution in [-0.2, 0) is 6.54 Å². The summed E-state index contributed by atoms with van der Waals surface area (Å²) in [6.45, 7) is 7.16. The first-order valence-corrected chi connectivity index (χ1v) is 8.89. The Morgan fingerprint density at radius 2 is 2.00 bits per heavy atom. The second kappa shape index (κ2) is 6.44. The lowest BCUT2D eigenvalue weighted by atomic mass is 10.0. The van der Waals surface area contributed by atoms with Crippen molar-refractivity contribution >= 4 is 0 Å². The predicted molar refractivity (Wildman–Crippen MR) is 96.6 cm³/mol. The molecule has 1 aliphatic rings. The molecule has 3 aromatic rings. The third-order valence-electron chi connectivity index (χ3n) is 4.93. The SMILES string of the molecule is Cc1nc2n(n1)CCC[C@@H]2N[C@H](C)c1ccc(-n2ccnc2C)cc1. The highest BCUT2D eigenvalue weighted by Crippen LogP contribution is 2.27. The lowest BCUT2D eigenvalue weighted by molar-refractivity contribution is 0.344. The molecular weight excluding hydrogens is 312 g/mol. The Morgan fingerprint density at radius 3 is 2.72 bits per heavy atom. The van der Waals surface area contributed by atoms with Crippen molar-refractivity contribution in [1.29, 1.82) is 0 Å². The zero-order valence-electron chi connectivity index (χ0n) is 15.0. The molecule has 0 spiro atoms. The first-order chi connectivity index (χ1) is 12.1. The molecule has 0 unspecified atom stereocenters. The molecule has 0 saturated heterocycles. The monoisotopic (exact) mass is 336 g/mol. The summed E-state index contributed by atoms with van der Waals surface area (Å²) in [5.41, 5.74) is 2.41. The Kier molecular flexibility index (Phi) is 4.13. The number of fused-ring (bicyclic) bond motifs is 1. The average Bonchev–Trinajstić information content (AvgIpc) is 3.20. The average molecular weight is 336 g/mol. The number of nitrogens with one attached hydrogen (secondary N) is 1. The maximum atomic E-state index is 4.62. The summed E-state index contributed by atoms with van der Waals surface area (Å²) < 4.78 is 4.14. The van der Waals surface area contributed by atoms with E-state index >= 15 is 0 Å². The van der Waals surface area contributed by atoms with Gasteiger partial charge in [0.05, 0.1) is 6.04 Å². The van der Waals surface area contributed by atoms with Gasteiger partial charge in [0, 0.05) is 30.7 Å². The Hall–Kier alpha value is -2.47. The van der Waals surface area contributed by atoms with Crippen LogP contribution in [0.3, 0.4) is 0 Å². The van der Waals surface area contributed by atoms with Crippen LogP contribution in [0.25, 0.3) is 5.69 Å². The summed E-state index contributed by atoms with van der Waals surface area (Å²) in [5, 5.41) is 8.21. The summed E-state index contributed by atoms with van der Waals surface area (Å²) in [7, 11) is 0. The lowest BCUT2D eigenvalue weighted by Crippen LogP contribution is -2.30. The summed E-state index contributed by atoms with van der Waals surface area (Å²) in [6.07, 6.45) is 6.06. The number of hydrogen-bond acceptors (Lipinski definition) is 4. The van der Waals surface area contributed by atoms with Crippen molar-refractivity contribution in [2.45, 2.75) is 52.2 Å². The van der Waals surface area contributed by atoms with E-state index in [0.717, 1.165) is 42.5 Å². The maximum absolute atomic E-state index is 4.62. The van der Waals surface area contributed by atoms with Crippen molar-refractivity contribution in [3.8, 4) is 5.69 Å². The van der Waals surface area contributed by atoms with Gasteiger partial charge in [-0.2, -0.15) is 5.10 Å². The fraction of sp³-hybridized carbons (Fsp3) is 0.421. The van der Waals surface area contributed by atoms with Crippen LogP contribution in [0.15, 0.2) is 36.7 Å². The lowest BCUT2D eigenvalue weighted by Gasteiger charge is -2.26. The summed E-state index contributed by atoms with van der Waals surface area (Å²) >= 11 is 0. The minimum Gasteiger partial charge on any atom is -0.304 e. The van der Waals surface area contributed by atoms with Crippen molar-refractivity contribution in [3.63, 3.8) is 0 Å². The summed E-state index contributed by atoms with van der Waals surface area (Å²) in [6, 6.07) is 9.19. The van der Waals surface area contributed by atoms with Gasteiger partial charge in [0.25, 0.3) is 0 Å². The largest absolute Gasteiger partial charge is 0.304 e. The fourth-order valence-corrected chi connectivity index (χ4v) is 3.60. The number of rotatable bonds is 4. The Labute approximate surface area is 147 Å². The molecule has 0 saturated carbocycles. The molecule has 3 heterocycles. The molecule has 6 nitrogen and oxygen atoms in total. The fourth-order valence-electron chi connectivity index (χ4n) is 3.60. The van der Waals surface area contributed by atoms with Crippen LogP contribution in [0.2, 0.25) is 0 Å². The molecule has 1 N–H and O–H groups in total. The highest BCUT2D eigenvalue weighted by Gasteiger charge is 2.25. The second-order valence-electron chi connectivity index (χ2n) is 6.76. The van der Waals surface area contributed by atoms with E-state index in [9.17, 15) is 0 Å². The van der Waals surface area contributed by atoms with Crippen molar-refractivity contribution < 1.29 is 0 Å². The van der Waals surface area contributed by atoms with Crippen molar-refractivity contribution in [1.82, 2.24) is 29.6 Å². The molecule has 6 heteroatoms. The predicted octanol–water partition coefficient (Wildman–Crippen LogP) is 3.27. The Morgan fingerprint density at radius 1 is 1.20 bits per heavy atom. The van der Waals surface area contributed by atoms with Gasteiger partial charge in [-0.05, 0) is 51.3 Å². The molecule has 0 bridgehead atoms. The number of nitrogens with zero attached hydrogens (tertiary/aromatic N) is 5. The molecule has 0 radical (unpaired) electrons. The minimum absolute atomic E-state index is 0.256.